The molecule has 4 heteroatoms. The van der Waals surface area contributed by atoms with E-state index in [0.717, 1.165) is 18.5 Å². The molecular formula is C15H22ClN3. The van der Waals surface area contributed by atoms with E-state index in [4.69, 9.17) is 11.6 Å². The number of piperidine rings is 1. The van der Waals surface area contributed by atoms with Crippen LogP contribution in [0.1, 0.15) is 31.2 Å². The number of rotatable bonds is 5. The van der Waals surface area contributed by atoms with Crippen molar-refractivity contribution in [2.45, 2.75) is 38.3 Å². The van der Waals surface area contributed by atoms with Crippen LogP contribution < -0.4 is 5.32 Å². The average molecular weight is 280 g/mol. The largest absolute Gasteiger partial charge is 0.316 e. The summed E-state index contributed by atoms with van der Waals surface area (Å²) in [5.41, 5.74) is 1.29. The summed E-state index contributed by atoms with van der Waals surface area (Å²) in [4.78, 5) is 6.70. The fourth-order valence-corrected chi connectivity index (χ4v) is 3.17. The number of halogens is 1. The summed E-state index contributed by atoms with van der Waals surface area (Å²) in [6.45, 7) is 4.61. The smallest absolute Gasteiger partial charge is 0.129 e. The van der Waals surface area contributed by atoms with E-state index in [0.29, 0.717) is 5.15 Å². The Morgan fingerprint density at radius 3 is 2.95 bits per heavy atom. The van der Waals surface area contributed by atoms with Gasteiger partial charge < -0.3 is 5.32 Å². The van der Waals surface area contributed by atoms with Crippen molar-refractivity contribution >= 4 is 11.6 Å². The highest BCUT2D eigenvalue weighted by molar-refractivity contribution is 6.29. The van der Waals surface area contributed by atoms with Crippen LogP contribution in [0.15, 0.2) is 18.3 Å². The van der Waals surface area contributed by atoms with E-state index in [-0.39, 0.29) is 0 Å². The SMILES string of the molecule is Clc1cc(CN(CC2CCCNC2)C2CC2)ccn1. The van der Waals surface area contributed by atoms with E-state index in [1.54, 1.807) is 0 Å². The molecule has 1 aliphatic heterocycles. The fraction of sp³-hybridized carbons (Fsp3) is 0.667. The summed E-state index contributed by atoms with van der Waals surface area (Å²) in [5.74, 6) is 0.812. The Morgan fingerprint density at radius 2 is 2.26 bits per heavy atom. The van der Waals surface area contributed by atoms with Crippen LogP contribution in [-0.2, 0) is 6.54 Å². The summed E-state index contributed by atoms with van der Waals surface area (Å²) in [6.07, 6.45) is 7.22. The number of nitrogens with one attached hydrogen (secondary N) is 1. The summed E-state index contributed by atoms with van der Waals surface area (Å²) in [7, 11) is 0. The van der Waals surface area contributed by atoms with E-state index in [1.807, 2.05) is 12.3 Å². The lowest BCUT2D eigenvalue weighted by Gasteiger charge is -2.30. The molecule has 0 bridgehead atoms. The van der Waals surface area contributed by atoms with Gasteiger partial charge >= 0.3 is 0 Å². The van der Waals surface area contributed by atoms with E-state index in [9.17, 15) is 0 Å². The minimum Gasteiger partial charge on any atom is -0.316 e. The minimum absolute atomic E-state index is 0.604. The Balaban J connectivity index is 1.60. The predicted molar refractivity (Wildman–Crippen MR) is 78.3 cm³/mol. The molecule has 0 amide bonds. The minimum atomic E-state index is 0.604. The highest BCUT2D eigenvalue weighted by Crippen LogP contribution is 2.30. The molecule has 1 aliphatic carbocycles. The van der Waals surface area contributed by atoms with Crippen molar-refractivity contribution in [3.8, 4) is 0 Å². The first kappa shape index (κ1) is 13.3. The summed E-state index contributed by atoms with van der Waals surface area (Å²) in [6, 6.07) is 4.88. The number of nitrogens with zero attached hydrogens (tertiary/aromatic N) is 2. The first-order valence-electron chi connectivity index (χ1n) is 7.36. The molecule has 1 unspecified atom stereocenters. The highest BCUT2D eigenvalue weighted by Gasteiger charge is 2.30. The Morgan fingerprint density at radius 1 is 1.37 bits per heavy atom. The maximum atomic E-state index is 5.98. The van der Waals surface area contributed by atoms with Crippen LogP contribution in [0.5, 0.6) is 0 Å². The van der Waals surface area contributed by atoms with Gasteiger partial charge in [0.15, 0.2) is 0 Å². The zero-order valence-electron chi connectivity index (χ0n) is 11.3. The van der Waals surface area contributed by atoms with Crippen LogP contribution in [0.2, 0.25) is 5.15 Å². The molecule has 1 saturated heterocycles. The second-order valence-corrected chi connectivity index (χ2v) is 6.25. The summed E-state index contributed by atoms with van der Waals surface area (Å²) in [5, 5.41) is 4.12. The third-order valence-electron chi connectivity index (χ3n) is 4.13. The van der Waals surface area contributed by atoms with Crippen LogP contribution >= 0.6 is 11.6 Å². The molecule has 2 fully saturated rings. The van der Waals surface area contributed by atoms with Gasteiger partial charge in [0.1, 0.15) is 5.15 Å². The number of aromatic nitrogens is 1. The van der Waals surface area contributed by atoms with Crippen molar-refractivity contribution in [2.24, 2.45) is 5.92 Å². The van der Waals surface area contributed by atoms with Gasteiger partial charge in [0.2, 0.25) is 0 Å². The van der Waals surface area contributed by atoms with Gasteiger partial charge in [0.05, 0.1) is 0 Å². The molecule has 3 nitrogen and oxygen atoms in total. The summed E-state index contributed by atoms with van der Waals surface area (Å²) >= 11 is 5.98. The topological polar surface area (TPSA) is 28.2 Å². The van der Waals surface area contributed by atoms with Crippen molar-refractivity contribution in [2.75, 3.05) is 19.6 Å². The monoisotopic (exact) mass is 279 g/mol. The molecule has 1 saturated carbocycles. The Bertz CT molecular complexity index is 414. The maximum Gasteiger partial charge on any atom is 0.129 e. The standard InChI is InChI=1S/C15H22ClN3/c16-15-8-12(5-7-18-15)10-19(14-3-4-14)11-13-2-1-6-17-9-13/h5,7-8,13-14,17H,1-4,6,9-11H2. The Kier molecular flexibility index (Phi) is 4.36. The quantitative estimate of drug-likeness (QED) is 0.840. The number of hydrogen-bond acceptors (Lipinski definition) is 3. The van der Waals surface area contributed by atoms with E-state index in [2.05, 4.69) is 21.3 Å². The lowest BCUT2D eigenvalue weighted by molar-refractivity contribution is 0.193. The molecule has 1 atom stereocenters. The second kappa shape index (κ2) is 6.21. The molecule has 0 spiro atoms. The third-order valence-corrected chi connectivity index (χ3v) is 4.34. The van der Waals surface area contributed by atoms with Crippen LogP contribution in [0.4, 0.5) is 0 Å². The molecule has 0 radical (unpaired) electrons. The van der Waals surface area contributed by atoms with Gasteiger partial charge in [-0.05, 0) is 62.4 Å². The van der Waals surface area contributed by atoms with Crippen molar-refractivity contribution in [3.63, 3.8) is 0 Å². The first-order valence-corrected chi connectivity index (χ1v) is 7.74. The van der Waals surface area contributed by atoms with Crippen molar-refractivity contribution in [1.82, 2.24) is 15.2 Å². The zero-order chi connectivity index (χ0) is 13.1. The maximum absolute atomic E-state index is 5.98. The molecule has 104 valence electrons. The zero-order valence-corrected chi connectivity index (χ0v) is 12.1. The first-order chi connectivity index (χ1) is 9.31. The van der Waals surface area contributed by atoms with Crippen molar-refractivity contribution in [3.05, 3.63) is 29.0 Å². The lowest BCUT2D eigenvalue weighted by Crippen LogP contribution is -2.39. The van der Waals surface area contributed by atoms with Gasteiger partial charge in [-0.3, -0.25) is 4.90 Å². The molecule has 2 heterocycles. The van der Waals surface area contributed by atoms with Crippen LogP contribution in [0.25, 0.3) is 0 Å². The second-order valence-electron chi connectivity index (χ2n) is 5.86. The van der Waals surface area contributed by atoms with Gasteiger partial charge in [-0.2, -0.15) is 0 Å². The van der Waals surface area contributed by atoms with Crippen molar-refractivity contribution in [1.29, 1.82) is 0 Å². The third kappa shape index (κ3) is 3.91. The molecule has 1 aromatic heterocycles. The van der Waals surface area contributed by atoms with E-state index < -0.39 is 0 Å². The van der Waals surface area contributed by atoms with Crippen LogP contribution in [0.3, 0.4) is 0 Å². The molecular weight excluding hydrogens is 258 g/mol. The lowest BCUT2D eigenvalue weighted by atomic mass is 9.99. The Labute approximate surface area is 120 Å². The molecule has 19 heavy (non-hydrogen) atoms. The van der Waals surface area contributed by atoms with Crippen LogP contribution in [-0.4, -0.2) is 35.6 Å². The number of pyridine rings is 1. The predicted octanol–water partition coefficient (Wildman–Crippen LogP) is 2.70. The molecule has 2 aliphatic rings. The van der Waals surface area contributed by atoms with Crippen molar-refractivity contribution < 1.29 is 0 Å². The Hall–Kier alpha value is -0.640. The van der Waals surface area contributed by atoms with E-state index >= 15 is 0 Å². The number of hydrogen-bond donors (Lipinski definition) is 1. The average Bonchev–Trinajstić information content (AvgIpc) is 3.23. The normalized spacial score (nSPS) is 23.8. The van der Waals surface area contributed by atoms with Gasteiger partial charge in [0, 0.05) is 25.3 Å². The molecule has 0 aromatic carbocycles. The van der Waals surface area contributed by atoms with Gasteiger partial charge in [0.25, 0.3) is 0 Å². The molecule has 1 N–H and O–H groups in total. The molecule has 3 rings (SSSR count). The highest BCUT2D eigenvalue weighted by atomic mass is 35.5. The summed E-state index contributed by atoms with van der Waals surface area (Å²) < 4.78 is 0. The van der Waals surface area contributed by atoms with Gasteiger partial charge in [-0.15, -0.1) is 0 Å². The molecule has 1 aromatic rings. The van der Waals surface area contributed by atoms with E-state index in [1.165, 1.54) is 50.9 Å². The van der Waals surface area contributed by atoms with Gasteiger partial charge in [-0.1, -0.05) is 11.6 Å². The van der Waals surface area contributed by atoms with Crippen LogP contribution in [0, 0.1) is 5.92 Å². The fourth-order valence-electron chi connectivity index (χ4n) is 2.97. The van der Waals surface area contributed by atoms with Gasteiger partial charge in [-0.25, -0.2) is 4.98 Å².